The summed E-state index contributed by atoms with van der Waals surface area (Å²) < 4.78 is 15.3. The van der Waals surface area contributed by atoms with Gasteiger partial charge in [0, 0.05) is 11.9 Å². The minimum atomic E-state index is -0.336. The first-order chi connectivity index (χ1) is 7.09. The third kappa shape index (κ3) is 1.82. The second-order valence-corrected chi connectivity index (χ2v) is 3.96. The number of aryl methyl sites for hydroxylation is 1. The van der Waals surface area contributed by atoms with Crippen LogP contribution in [0, 0.1) is 17.5 Å². The average Bonchev–Trinajstić information content (AvgIpc) is 2.51. The van der Waals surface area contributed by atoms with Gasteiger partial charge >= 0.3 is 0 Å². The number of hydrogen-bond acceptors (Lipinski definition) is 1. The molecule has 0 saturated heterocycles. The summed E-state index contributed by atoms with van der Waals surface area (Å²) in [5.74, 6) is -0.336. The number of nitrogens with one attached hydrogen (secondary N) is 1. The smallest absolute Gasteiger partial charge is 0.182 e. The van der Waals surface area contributed by atoms with Gasteiger partial charge in [0.2, 0.25) is 0 Å². The molecule has 1 aromatic carbocycles. The Labute approximate surface area is 96.3 Å². The summed E-state index contributed by atoms with van der Waals surface area (Å²) in [4.78, 5) is 2.88. The molecule has 0 fully saturated rings. The molecule has 0 unspecified atom stereocenters. The Morgan fingerprint density at radius 3 is 2.80 bits per heavy atom. The summed E-state index contributed by atoms with van der Waals surface area (Å²) >= 11 is 11.1. The lowest BCUT2D eigenvalue weighted by molar-refractivity contribution is 0.626. The number of nitrogens with zero attached hydrogens (tertiary/aromatic N) is 1. The number of halogens is 2. The number of imidazole rings is 1. The van der Waals surface area contributed by atoms with Crippen molar-refractivity contribution >= 4 is 23.8 Å². The van der Waals surface area contributed by atoms with E-state index in [1.54, 1.807) is 10.8 Å². The van der Waals surface area contributed by atoms with Crippen LogP contribution in [0.15, 0.2) is 24.4 Å². The van der Waals surface area contributed by atoms with E-state index in [9.17, 15) is 4.39 Å². The molecule has 0 radical (unpaired) electrons. The first-order valence-corrected chi connectivity index (χ1v) is 5.10. The van der Waals surface area contributed by atoms with E-state index in [2.05, 4.69) is 4.98 Å². The van der Waals surface area contributed by atoms with Gasteiger partial charge in [-0.2, -0.15) is 0 Å². The van der Waals surface area contributed by atoms with E-state index in [-0.39, 0.29) is 5.82 Å². The van der Waals surface area contributed by atoms with Crippen molar-refractivity contribution in [2.24, 2.45) is 0 Å². The first-order valence-electron chi connectivity index (χ1n) is 4.32. The fraction of sp³-hybridized carbons (Fsp3) is 0.100. The van der Waals surface area contributed by atoms with Gasteiger partial charge in [0.15, 0.2) is 4.77 Å². The Hall–Kier alpha value is -1.13. The molecule has 0 atom stereocenters. The number of aromatic amines is 1. The van der Waals surface area contributed by atoms with Gasteiger partial charge in [0.1, 0.15) is 5.82 Å². The summed E-state index contributed by atoms with van der Waals surface area (Å²) in [6.07, 6.45) is 1.75. The lowest BCUT2D eigenvalue weighted by Gasteiger charge is -2.07. The van der Waals surface area contributed by atoms with Gasteiger partial charge < -0.3 is 4.98 Å². The second kappa shape index (κ2) is 3.79. The van der Waals surface area contributed by atoms with E-state index >= 15 is 0 Å². The Morgan fingerprint density at radius 1 is 1.47 bits per heavy atom. The van der Waals surface area contributed by atoms with E-state index in [0.29, 0.717) is 15.5 Å². The third-order valence-electron chi connectivity index (χ3n) is 2.11. The minimum absolute atomic E-state index is 0.336. The predicted molar refractivity (Wildman–Crippen MR) is 60.7 cm³/mol. The van der Waals surface area contributed by atoms with Gasteiger partial charge in [-0.3, -0.25) is 4.57 Å². The Kier molecular flexibility index (Phi) is 2.63. The van der Waals surface area contributed by atoms with Crippen LogP contribution in [0.5, 0.6) is 0 Å². The van der Waals surface area contributed by atoms with Crippen LogP contribution in [0.1, 0.15) is 5.69 Å². The maximum atomic E-state index is 13.1. The van der Waals surface area contributed by atoms with E-state index in [0.717, 1.165) is 5.69 Å². The van der Waals surface area contributed by atoms with E-state index < -0.39 is 0 Å². The zero-order chi connectivity index (χ0) is 11.0. The highest BCUT2D eigenvalue weighted by Gasteiger charge is 2.07. The summed E-state index contributed by atoms with van der Waals surface area (Å²) in [7, 11) is 0. The van der Waals surface area contributed by atoms with Gasteiger partial charge in [0.25, 0.3) is 0 Å². The van der Waals surface area contributed by atoms with Gasteiger partial charge in [-0.25, -0.2) is 4.39 Å². The van der Waals surface area contributed by atoms with Crippen molar-refractivity contribution in [1.82, 2.24) is 9.55 Å². The maximum Gasteiger partial charge on any atom is 0.182 e. The van der Waals surface area contributed by atoms with Crippen LogP contribution in [0.4, 0.5) is 4.39 Å². The third-order valence-corrected chi connectivity index (χ3v) is 2.73. The molecule has 15 heavy (non-hydrogen) atoms. The average molecular weight is 243 g/mol. The number of benzene rings is 1. The highest BCUT2D eigenvalue weighted by Crippen LogP contribution is 2.23. The number of H-pyrrole nitrogens is 1. The molecule has 2 nitrogen and oxygen atoms in total. The highest BCUT2D eigenvalue weighted by atomic mass is 35.5. The molecule has 78 valence electrons. The summed E-state index contributed by atoms with van der Waals surface area (Å²) in [5.41, 5.74) is 1.44. The standard InChI is InChI=1S/C10H8ClFN2S/c1-6-5-13-10(15)14(6)9-4-7(12)2-3-8(9)11/h2-5H,1H3,(H,13,15). The van der Waals surface area contributed by atoms with Crippen LogP contribution in [0.2, 0.25) is 5.02 Å². The first kappa shape index (κ1) is 10.4. The van der Waals surface area contributed by atoms with Crippen molar-refractivity contribution in [3.8, 4) is 5.69 Å². The molecular formula is C10H8ClFN2S. The largest absolute Gasteiger partial charge is 0.337 e. The van der Waals surface area contributed by atoms with Crippen molar-refractivity contribution < 1.29 is 4.39 Å². The summed E-state index contributed by atoms with van der Waals surface area (Å²) in [6.45, 7) is 1.87. The van der Waals surface area contributed by atoms with Crippen LogP contribution in [-0.4, -0.2) is 9.55 Å². The summed E-state index contributed by atoms with van der Waals surface area (Å²) in [5, 5.41) is 0.468. The molecule has 0 aliphatic heterocycles. The molecule has 1 N–H and O–H groups in total. The van der Waals surface area contributed by atoms with Gasteiger partial charge in [-0.15, -0.1) is 0 Å². The van der Waals surface area contributed by atoms with Gasteiger partial charge in [-0.1, -0.05) is 11.6 Å². The Bertz CT molecular complexity index is 559. The van der Waals surface area contributed by atoms with Crippen LogP contribution in [0.3, 0.4) is 0 Å². The normalized spacial score (nSPS) is 10.6. The Morgan fingerprint density at radius 2 is 2.20 bits per heavy atom. The maximum absolute atomic E-state index is 13.1. The molecule has 0 amide bonds. The van der Waals surface area contributed by atoms with Crippen molar-refractivity contribution in [3.05, 3.63) is 45.7 Å². The van der Waals surface area contributed by atoms with Crippen LogP contribution in [-0.2, 0) is 0 Å². The number of hydrogen-bond donors (Lipinski definition) is 1. The highest BCUT2D eigenvalue weighted by molar-refractivity contribution is 7.71. The molecule has 1 heterocycles. The summed E-state index contributed by atoms with van der Waals surface area (Å²) in [6, 6.07) is 4.19. The molecule has 0 saturated carbocycles. The molecule has 5 heteroatoms. The minimum Gasteiger partial charge on any atom is -0.337 e. The lowest BCUT2D eigenvalue weighted by atomic mass is 10.3. The topological polar surface area (TPSA) is 20.7 Å². The zero-order valence-electron chi connectivity index (χ0n) is 7.92. The van der Waals surface area contributed by atoms with Crippen LogP contribution >= 0.6 is 23.8 Å². The van der Waals surface area contributed by atoms with Crippen molar-refractivity contribution in [3.63, 3.8) is 0 Å². The van der Waals surface area contributed by atoms with Crippen molar-refractivity contribution in [2.75, 3.05) is 0 Å². The number of rotatable bonds is 1. The zero-order valence-corrected chi connectivity index (χ0v) is 9.49. The molecular weight excluding hydrogens is 235 g/mol. The van der Waals surface area contributed by atoms with E-state index in [4.69, 9.17) is 23.8 Å². The molecule has 1 aromatic heterocycles. The fourth-order valence-corrected chi connectivity index (χ4v) is 1.92. The lowest BCUT2D eigenvalue weighted by Crippen LogP contribution is -1.98. The SMILES string of the molecule is Cc1c[nH]c(=S)n1-c1cc(F)ccc1Cl. The quantitative estimate of drug-likeness (QED) is 0.758. The molecule has 0 aliphatic carbocycles. The van der Waals surface area contributed by atoms with Gasteiger partial charge in [-0.05, 0) is 37.3 Å². The van der Waals surface area contributed by atoms with E-state index in [1.807, 2.05) is 6.92 Å². The number of aromatic nitrogens is 2. The molecule has 2 rings (SSSR count). The molecule has 0 bridgehead atoms. The molecule has 0 spiro atoms. The van der Waals surface area contributed by atoms with Gasteiger partial charge in [0.05, 0.1) is 10.7 Å². The second-order valence-electron chi connectivity index (χ2n) is 3.17. The monoisotopic (exact) mass is 242 g/mol. The predicted octanol–water partition coefficient (Wildman–Crippen LogP) is 3.64. The van der Waals surface area contributed by atoms with E-state index in [1.165, 1.54) is 18.2 Å². The molecule has 2 aromatic rings. The van der Waals surface area contributed by atoms with Crippen molar-refractivity contribution in [1.29, 1.82) is 0 Å². The van der Waals surface area contributed by atoms with Crippen LogP contribution in [0.25, 0.3) is 5.69 Å². The van der Waals surface area contributed by atoms with Crippen LogP contribution < -0.4 is 0 Å². The van der Waals surface area contributed by atoms with Crippen molar-refractivity contribution in [2.45, 2.75) is 6.92 Å². The fourth-order valence-electron chi connectivity index (χ4n) is 1.41. The molecule has 0 aliphatic rings. The Balaban J connectivity index is 2.74.